The normalized spacial score (nSPS) is 15.9. The second kappa shape index (κ2) is 9.45. The van der Waals surface area contributed by atoms with Crippen molar-refractivity contribution < 1.29 is 19.1 Å². The smallest absolute Gasteiger partial charge is 0.309 e. The molecule has 1 rings (SSSR count). The molecular formula is C20H30O4. The molecule has 24 heavy (non-hydrogen) atoms. The highest BCUT2D eigenvalue weighted by Crippen LogP contribution is 2.24. The lowest BCUT2D eigenvalue weighted by molar-refractivity contribution is -0.154. The second-order valence-corrected chi connectivity index (χ2v) is 6.44. The topological polar surface area (TPSA) is 52.6 Å². The summed E-state index contributed by atoms with van der Waals surface area (Å²) in [5.74, 6) is -0.534. The summed E-state index contributed by atoms with van der Waals surface area (Å²) in [4.78, 5) is 23.7. The van der Waals surface area contributed by atoms with Crippen LogP contribution in [0.1, 0.15) is 77.7 Å². The van der Waals surface area contributed by atoms with Crippen LogP contribution < -0.4 is 0 Å². The van der Waals surface area contributed by atoms with Crippen molar-refractivity contribution >= 4 is 11.9 Å². The molecule has 0 saturated heterocycles. The zero-order valence-electron chi connectivity index (χ0n) is 15.7. The van der Waals surface area contributed by atoms with E-state index in [-0.39, 0.29) is 36.0 Å². The Morgan fingerprint density at radius 3 is 1.29 bits per heavy atom. The quantitative estimate of drug-likeness (QED) is 0.629. The molecular weight excluding hydrogens is 304 g/mol. The molecule has 0 fully saturated rings. The van der Waals surface area contributed by atoms with Crippen LogP contribution in [-0.4, -0.2) is 11.9 Å². The molecule has 0 amide bonds. The molecule has 1 aromatic rings. The Kier molecular flexibility index (Phi) is 7.96. The fourth-order valence-corrected chi connectivity index (χ4v) is 2.09. The zero-order chi connectivity index (χ0) is 18.3. The lowest BCUT2D eigenvalue weighted by Gasteiger charge is -2.19. The van der Waals surface area contributed by atoms with Crippen LogP contribution in [0.15, 0.2) is 24.3 Å². The van der Waals surface area contributed by atoms with Gasteiger partial charge in [0.15, 0.2) is 0 Å². The molecule has 0 bridgehead atoms. The van der Waals surface area contributed by atoms with Gasteiger partial charge in [0, 0.05) is 0 Å². The first-order valence-electron chi connectivity index (χ1n) is 8.80. The minimum atomic E-state index is -0.293. The Hall–Kier alpha value is -1.84. The lowest BCUT2D eigenvalue weighted by Crippen LogP contribution is -2.17. The Morgan fingerprint density at radius 2 is 1.04 bits per heavy atom. The van der Waals surface area contributed by atoms with E-state index in [4.69, 9.17) is 9.47 Å². The molecule has 0 heterocycles. The van der Waals surface area contributed by atoms with Crippen molar-refractivity contribution in [2.75, 3.05) is 0 Å². The number of hydrogen-bond donors (Lipinski definition) is 0. The predicted octanol–water partition coefficient (Wildman–Crippen LogP) is 4.99. The van der Waals surface area contributed by atoms with E-state index in [2.05, 4.69) is 0 Å². The van der Waals surface area contributed by atoms with E-state index in [0.29, 0.717) is 0 Å². The molecule has 0 saturated carbocycles. The molecule has 0 spiro atoms. The summed E-state index contributed by atoms with van der Waals surface area (Å²) >= 11 is 0. The maximum absolute atomic E-state index is 11.9. The average Bonchev–Trinajstić information content (AvgIpc) is 2.59. The molecule has 0 aliphatic rings. The molecule has 4 nitrogen and oxygen atoms in total. The third-order valence-electron chi connectivity index (χ3n) is 4.49. The van der Waals surface area contributed by atoms with Gasteiger partial charge >= 0.3 is 11.9 Å². The molecule has 4 heteroatoms. The molecule has 1 aromatic carbocycles. The van der Waals surface area contributed by atoms with Crippen LogP contribution in [-0.2, 0) is 19.1 Å². The fourth-order valence-electron chi connectivity index (χ4n) is 2.09. The number of hydrogen-bond acceptors (Lipinski definition) is 4. The number of benzene rings is 1. The number of esters is 2. The standard InChI is InChI=1S/C20H30O4/c1-7-13(3)19(21)23-15(5)17-9-11-18(12-10-17)16(6)24-20(22)14(4)8-2/h9-16H,7-8H2,1-6H3. The van der Waals surface area contributed by atoms with E-state index >= 15 is 0 Å². The van der Waals surface area contributed by atoms with E-state index in [9.17, 15) is 9.59 Å². The zero-order valence-corrected chi connectivity index (χ0v) is 15.7. The minimum absolute atomic E-state index is 0.0910. The first kappa shape index (κ1) is 20.2. The molecule has 4 atom stereocenters. The summed E-state index contributed by atoms with van der Waals surface area (Å²) in [7, 11) is 0. The van der Waals surface area contributed by atoms with E-state index in [1.54, 1.807) is 0 Å². The summed E-state index contributed by atoms with van der Waals surface area (Å²) in [5, 5.41) is 0. The Balaban J connectivity index is 2.68. The van der Waals surface area contributed by atoms with Gasteiger partial charge in [-0.2, -0.15) is 0 Å². The average molecular weight is 334 g/mol. The second-order valence-electron chi connectivity index (χ2n) is 6.44. The molecule has 134 valence electrons. The Morgan fingerprint density at radius 1 is 0.750 bits per heavy atom. The summed E-state index contributed by atoms with van der Waals surface area (Å²) < 4.78 is 11.0. The van der Waals surface area contributed by atoms with Crippen molar-refractivity contribution in [3.63, 3.8) is 0 Å². The molecule has 0 N–H and O–H groups in total. The third-order valence-corrected chi connectivity index (χ3v) is 4.49. The summed E-state index contributed by atoms with van der Waals surface area (Å²) in [6, 6.07) is 7.66. The minimum Gasteiger partial charge on any atom is -0.458 e. The number of rotatable bonds is 8. The van der Waals surface area contributed by atoms with E-state index in [0.717, 1.165) is 24.0 Å². The first-order chi connectivity index (χ1) is 11.3. The van der Waals surface area contributed by atoms with Gasteiger partial charge in [0.05, 0.1) is 11.8 Å². The van der Waals surface area contributed by atoms with Crippen LogP contribution >= 0.6 is 0 Å². The monoisotopic (exact) mass is 334 g/mol. The fraction of sp³-hybridized carbons (Fsp3) is 0.600. The van der Waals surface area contributed by atoms with Gasteiger partial charge in [-0.25, -0.2) is 0 Å². The van der Waals surface area contributed by atoms with Gasteiger partial charge in [0.25, 0.3) is 0 Å². The highest BCUT2D eigenvalue weighted by molar-refractivity contribution is 5.72. The number of carbonyl (C=O) groups excluding carboxylic acids is 2. The van der Waals surface area contributed by atoms with Gasteiger partial charge in [0.1, 0.15) is 12.2 Å². The van der Waals surface area contributed by atoms with Gasteiger partial charge in [-0.3, -0.25) is 9.59 Å². The van der Waals surface area contributed by atoms with Crippen LogP contribution in [0.2, 0.25) is 0 Å². The van der Waals surface area contributed by atoms with Crippen LogP contribution in [0.3, 0.4) is 0 Å². The SMILES string of the molecule is CCC(C)C(=O)OC(C)c1ccc(C(C)OC(=O)C(C)CC)cc1. The van der Waals surface area contributed by atoms with Gasteiger partial charge in [-0.05, 0) is 37.8 Å². The Labute approximate surface area is 145 Å². The molecule has 0 aliphatic carbocycles. The van der Waals surface area contributed by atoms with Crippen LogP contribution in [0.25, 0.3) is 0 Å². The van der Waals surface area contributed by atoms with Crippen molar-refractivity contribution in [2.24, 2.45) is 11.8 Å². The van der Waals surface area contributed by atoms with Gasteiger partial charge in [-0.1, -0.05) is 52.0 Å². The van der Waals surface area contributed by atoms with Crippen molar-refractivity contribution in [2.45, 2.75) is 66.6 Å². The highest BCUT2D eigenvalue weighted by atomic mass is 16.5. The van der Waals surface area contributed by atoms with Crippen LogP contribution in [0, 0.1) is 11.8 Å². The van der Waals surface area contributed by atoms with E-state index < -0.39 is 0 Å². The summed E-state index contributed by atoms with van der Waals surface area (Å²) in [6.45, 7) is 11.4. The number of ether oxygens (including phenoxy) is 2. The number of carbonyl (C=O) groups is 2. The maximum Gasteiger partial charge on any atom is 0.309 e. The van der Waals surface area contributed by atoms with Gasteiger partial charge < -0.3 is 9.47 Å². The van der Waals surface area contributed by atoms with Gasteiger partial charge in [-0.15, -0.1) is 0 Å². The van der Waals surface area contributed by atoms with Crippen molar-refractivity contribution in [1.82, 2.24) is 0 Å². The first-order valence-corrected chi connectivity index (χ1v) is 8.80. The summed E-state index contributed by atoms with van der Waals surface area (Å²) in [5.41, 5.74) is 1.85. The van der Waals surface area contributed by atoms with Crippen molar-refractivity contribution in [3.05, 3.63) is 35.4 Å². The van der Waals surface area contributed by atoms with Gasteiger partial charge in [0.2, 0.25) is 0 Å². The van der Waals surface area contributed by atoms with E-state index in [1.165, 1.54) is 0 Å². The molecule has 0 aromatic heterocycles. The van der Waals surface area contributed by atoms with Crippen molar-refractivity contribution in [3.8, 4) is 0 Å². The molecule has 0 radical (unpaired) electrons. The van der Waals surface area contributed by atoms with Crippen LogP contribution in [0.5, 0.6) is 0 Å². The van der Waals surface area contributed by atoms with Crippen LogP contribution in [0.4, 0.5) is 0 Å². The largest absolute Gasteiger partial charge is 0.458 e. The Bertz CT molecular complexity index is 486. The molecule has 0 aliphatic heterocycles. The van der Waals surface area contributed by atoms with Crippen molar-refractivity contribution in [1.29, 1.82) is 0 Å². The third kappa shape index (κ3) is 5.66. The van der Waals surface area contributed by atoms with E-state index in [1.807, 2.05) is 65.8 Å². The molecule has 4 unspecified atom stereocenters. The predicted molar refractivity (Wildman–Crippen MR) is 94.4 cm³/mol. The lowest BCUT2D eigenvalue weighted by atomic mass is 10.0. The highest BCUT2D eigenvalue weighted by Gasteiger charge is 2.19. The summed E-state index contributed by atoms with van der Waals surface area (Å²) in [6.07, 6.45) is 0.949. The maximum atomic E-state index is 11.9.